The van der Waals surface area contributed by atoms with Crippen molar-refractivity contribution in [3.05, 3.63) is 96.1 Å². The van der Waals surface area contributed by atoms with Gasteiger partial charge in [0.25, 0.3) is 0 Å². The number of esters is 1. The van der Waals surface area contributed by atoms with Crippen molar-refractivity contribution in [1.29, 1.82) is 0 Å². The number of amides is 1. The van der Waals surface area contributed by atoms with E-state index >= 15 is 0 Å². The van der Waals surface area contributed by atoms with E-state index in [0.717, 1.165) is 18.4 Å². The normalized spacial score (nSPS) is 11.3. The van der Waals surface area contributed by atoms with Crippen LogP contribution < -0.4 is 5.32 Å². The topological polar surface area (TPSA) is 92.8 Å². The molecule has 1 N–H and O–H groups in total. The Balaban J connectivity index is 1.40. The molecule has 3 rings (SSSR count). The number of rotatable bonds is 12. The lowest BCUT2D eigenvalue weighted by Crippen LogP contribution is -2.26. The first-order valence-corrected chi connectivity index (χ1v) is 12.9. The molecule has 0 saturated heterocycles. The number of anilines is 1. The number of carbonyl (C=O) groups excluding carboxylic acids is 2. The van der Waals surface area contributed by atoms with Crippen molar-refractivity contribution >= 4 is 27.6 Å². The average Bonchev–Trinajstić information content (AvgIpc) is 2.87. The molecule has 0 aliphatic heterocycles. The molecule has 0 fully saturated rings. The van der Waals surface area contributed by atoms with Gasteiger partial charge in [-0.1, -0.05) is 60.7 Å². The first-order valence-electron chi connectivity index (χ1n) is 11.4. The van der Waals surface area contributed by atoms with E-state index in [9.17, 15) is 18.0 Å². The molecule has 7 nitrogen and oxygen atoms in total. The van der Waals surface area contributed by atoms with Crippen molar-refractivity contribution in [1.82, 2.24) is 4.31 Å². The summed E-state index contributed by atoms with van der Waals surface area (Å²) >= 11 is 0. The Kier molecular flexibility index (Phi) is 9.57. The Hall–Kier alpha value is -3.49. The van der Waals surface area contributed by atoms with Gasteiger partial charge in [0.1, 0.15) is 0 Å². The zero-order chi connectivity index (χ0) is 25.1. The van der Waals surface area contributed by atoms with Gasteiger partial charge >= 0.3 is 5.97 Å². The fraction of sp³-hybridized carbons (Fsp3) is 0.259. The molecule has 0 spiro atoms. The molecule has 0 aliphatic rings. The third kappa shape index (κ3) is 8.35. The highest BCUT2D eigenvalue weighted by atomic mass is 32.2. The lowest BCUT2D eigenvalue weighted by Gasteiger charge is -2.17. The van der Waals surface area contributed by atoms with Gasteiger partial charge in [-0.2, -0.15) is 4.31 Å². The molecule has 0 heterocycles. The predicted octanol–water partition coefficient (Wildman–Crippen LogP) is 4.40. The zero-order valence-corrected chi connectivity index (χ0v) is 20.5. The molecular formula is C27H30N2O5S. The number of ether oxygens (including phenoxy) is 1. The second-order valence-electron chi connectivity index (χ2n) is 8.13. The van der Waals surface area contributed by atoms with Crippen LogP contribution in [0.4, 0.5) is 5.69 Å². The van der Waals surface area contributed by atoms with Crippen LogP contribution in [-0.4, -0.2) is 38.3 Å². The molecule has 0 aromatic heterocycles. The fourth-order valence-electron chi connectivity index (χ4n) is 3.43. The van der Waals surface area contributed by atoms with E-state index in [2.05, 4.69) is 5.32 Å². The minimum absolute atomic E-state index is 0.0165. The molecule has 8 heteroatoms. The third-order valence-corrected chi connectivity index (χ3v) is 7.18. The number of nitrogens with one attached hydrogen (secondary N) is 1. The third-order valence-electron chi connectivity index (χ3n) is 5.37. The Morgan fingerprint density at radius 2 is 1.43 bits per heavy atom. The molecule has 1 amide bonds. The number of nitrogens with zero attached hydrogens (tertiary/aromatic N) is 1. The maximum absolute atomic E-state index is 12.8. The number of aryl methyl sites for hydroxylation is 1. The predicted molar refractivity (Wildman–Crippen MR) is 135 cm³/mol. The van der Waals surface area contributed by atoms with Gasteiger partial charge in [-0.3, -0.25) is 9.59 Å². The molecular weight excluding hydrogens is 464 g/mol. The fourth-order valence-corrected chi connectivity index (χ4v) is 4.59. The SMILES string of the molecule is CN(Cc1ccccc1)S(=O)(=O)c1ccc(NC(=O)CCC(=O)OCCCc2ccccc2)cc1. The largest absolute Gasteiger partial charge is 0.466 e. The molecule has 3 aromatic rings. The molecule has 0 bridgehead atoms. The van der Waals surface area contributed by atoms with Gasteiger partial charge < -0.3 is 10.1 Å². The molecule has 0 atom stereocenters. The molecule has 35 heavy (non-hydrogen) atoms. The van der Waals surface area contributed by atoms with Crippen LogP contribution in [0.3, 0.4) is 0 Å². The van der Waals surface area contributed by atoms with Crippen molar-refractivity contribution in [3.63, 3.8) is 0 Å². The van der Waals surface area contributed by atoms with E-state index in [1.165, 1.54) is 41.2 Å². The van der Waals surface area contributed by atoms with Gasteiger partial charge in [0, 0.05) is 25.7 Å². The molecule has 0 saturated carbocycles. The second kappa shape index (κ2) is 12.8. The average molecular weight is 495 g/mol. The molecule has 184 valence electrons. The van der Waals surface area contributed by atoms with Crippen LogP contribution in [0.15, 0.2) is 89.8 Å². The lowest BCUT2D eigenvalue weighted by atomic mass is 10.1. The second-order valence-corrected chi connectivity index (χ2v) is 10.2. The van der Waals surface area contributed by atoms with E-state index in [1.54, 1.807) is 0 Å². The Labute approximate surface area is 206 Å². The van der Waals surface area contributed by atoms with Crippen LogP contribution in [-0.2, 0) is 37.3 Å². The Bertz CT molecular complexity index is 1200. The first kappa shape index (κ1) is 26.1. The summed E-state index contributed by atoms with van der Waals surface area (Å²) in [6, 6.07) is 25.2. The number of carbonyl (C=O) groups is 2. The summed E-state index contributed by atoms with van der Waals surface area (Å²) in [6.07, 6.45) is 1.51. The van der Waals surface area contributed by atoms with E-state index in [1.807, 2.05) is 60.7 Å². The van der Waals surface area contributed by atoms with Crippen LogP contribution in [0.25, 0.3) is 0 Å². The van der Waals surface area contributed by atoms with E-state index in [-0.39, 0.29) is 30.2 Å². The highest BCUT2D eigenvalue weighted by Crippen LogP contribution is 2.19. The summed E-state index contributed by atoms with van der Waals surface area (Å²) in [7, 11) is -2.15. The smallest absolute Gasteiger partial charge is 0.306 e. The number of benzene rings is 3. The summed E-state index contributed by atoms with van der Waals surface area (Å²) in [6.45, 7) is 0.564. The molecule has 0 unspecified atom stereocenters. The van der Waals surface area contributed by atoms with E-state index in [0.29, 0.717) is 12.3 Å². The number of sulfonamides is 1. The van der Waals surface area contributed by atoms with E-state index in [4.69, 9.17) is 4.74 Å². The summed E-state index contributed by atoms with van der Waals surface area (Å²) in [5, 5.41) is 2.68. The van der Waals surface area contributed by atoms with Crippen molar-refractivity contribution in [2.75, 3.05) is 19.0 Å². The van der Waals surface area contributed by atoms with Gasteiger partial charge in [-0.05, 0) is 48.2 Å². The Morgan fingerprint density at radius 3 is 2.06 bits per heavy atom. The minimum Gasteiger partial charge on any atom is -0.466 e. The van der Waals surface area contributed by atoms with E-state index < -0.39 is 16.0 Å². The molecule has 0 radical (unpaired) electrons. The van der Waals surface area contributed by atoms with Crippen LogP contribution in [0.1, 0.15) is 30.4 Å². The standard InChI is InChI=1S/C27H30N2O5S/c1-29(21-23-11-6-3-7-12-23)35(32,33)25-16-14-24(15-17-25)28-26(30)18-19-27(31)34-20-8-13-22-9-4-2-5-10-22/h2-7,9-12,14-17H,8,13,18-21H2,1H3,(H,28,30). The zero-order valence-electron chi connectivity index (χ0n) is 19.7. The number of hydrogen-bond acceptors (Lipinski definition) is 5. The quantitative estimate of drug-likeness (QED) is 0.298. The van der Waals surface area contributed by atoms with Crippen molar-refractivity contribution in [2.24, 2.45) is 0 Å². The summed E-state index contributed by atoms with van der Waals surface area (Å²) < 4.78 is 32.1. The van der Waals surface area contributed by atoms with Crippen molar-refractivity contribution in [3.8, 4) is 0 Å². The summed E-state index contributed by atoms with van der Waals surface area (Å²) in [4.78, 5) is 24.2. The van der Waals surface area contributed by atoms with Gasteiger partial charge in [0.15, 0.2) is 0 Å². The number of hydrogen-bond donors (Lipinski definition) is 1. The van der Waals surface area contributed by atoms with Crippen LogP contribution in [0, 0.1) is 0 Å². The summed E-state index contributed by atoms with van der Waals surface area (Å²) in [5.41, 5.74) is 2.53. The maximum atomic E-state index is 12.8. The first-order chi connectivity index (χ1) is 16.8. The van der Waals surface area contributed by atoms with Crippen molar-refractivity contribution < 1.29 is 22.7 Å². The summed E-state index contributed by atoms with van der Waals surface area (Å²) in [5.74, 6) is -0.765. The van der Waals surface area contributed by atoms with Gasteiger partial charge in [0.05, 0.1) is 17.9 Å². The van der Waals surface area contributed by atoms with Crippen LogP contribution >= 0.6 is 0 Å². The highest BCUT2D eigenvalue weighted by molar-refractivity contribution is 7.89. The van der Waals surface area contributed by atoms with Gasteiger partial charge in [-0.25, -0.2) is 8.42 Å². The van der Waals surface area contributed by atoms with Gasteiger partial charge in [0.2, 0.25) is 15.9 Å². The monoisotopic (exact) mass is 494 g/mol. The van der Waals surface area contributed by atoms with Crippen LogP contribution in [0.5, 0.6) is 0 Å². The van der Waals surface area contributed by atoms with Crippen molar-refractivity contribution in [2.45, 2.75) is 37.1 Å². The van der Waals surface area contributed by atoms with Gasteiger partial charge in [-0.15, -0.1) is 0 Å². The molecule has 3 aromatic carbocycles. The Morgan fingerprint density at radius 1 is 0.829 bits per heavy atom. The highest BCUT2D eigenvalue weighted by Gasteiger charge is 2.21. The maximum Gasteiger partial charge on any atom is 0.306 e. The lowest BCUT2D eigenvalue weighted by molar-refractivity contribution is -0.144. The van der Waals surface area contributed by atoms with Crippen LogP contribution in [0.2, 0.25) is 0 Å². The molecule has 0 aliphatic carbocycles. The minimum atomic E-state index is -3.67.